The fourth-order valence-electron chi connectivity index (χ4n) is 2.44. The number of hydrogen-bond acceptors (Lipinski definition) is 5. The third kappa shape index (κ3) is 4.42. The van der Waals surface area contributed by atoms with Crippen molar-refractivity contribution in [2.45, 2.75) is 25.5 Å². The van der Waals surface area contributed by atoms with E-state index in [1.165, 1.54) is 18.0 Å². The summed E-state index contributed by atoms with van der Waals surface area (Å²) in [5.74, 6) is 1.33. The number of rotatable bonds is 6. The topological polar surface area (TPSA) is 72.7 Å². The Morgan fingerprint density at radius 2 is 2.12 bits per heavy atom. The number of carbonyl (C=O) groups excluding carboxylic acids is 1. The van der Waals surface area contributed by atoms with E-state index in [1.807, 2.05) is 36.6 Å². The van der Waals surface area contributed by atoms with Gasteiger partial charge in [-0.05, 0) is 32.0 Å². The van der Waals surface area contributed by atoms with E-state index in [9.17, 15) is 4.79 Å². The van der Waals surface area contributed by atoms with Gasteiger partial charge in [-0.25, -0.2) is 4.98 Å². The number of aromatic nitrogens is 4. The van der Waals surface area contributed by atoms with Crippen molar-refractivity contribution in [1.82, 2.24) is 19.7 Å². The molecule has 0 aliphatic carbocycles. The van der Waals surface area contributed by atoms with Crippen LogP contribution in [0.3, 0.4) is 0 Å². The SMILES string of the molecule is CCn1c(SCC(=O)Nc2ccc(Cl)cn2)nnc1-c1cccc(C)c1. The summed E-state index contributed by atoms with van der Waals surface area (Å²) in [4.78, 5) is 16.2. The largest absolute Gasteiger partial charge is 0.310 e. The minimum atomic E-state index is -0.160. The molecule has 8 heteroatoms. The lowest BCUT2D eigenvalue weighted by molar-refractivity contribution is -0.113. The van der Waals surface area contributed by atoms with Crippen molar-refractivity contribution in [3.8, 4) is 11.4 Å². The van der Waals surface area contributed by atoms with Crippen molar-refractivity contribution in [3.63, 3.8) is 0 Å². The van der Waals surface area contributed by atoms with E-state index >= 15 is 0 Å². The Morgan fingerprint density at radius 3 is 2.81 bits per heavy atom. The Bertz CT molecular complexity index is 910. The van der Waals surface area contributed by atoms with Gasteiger partial charge < -0.3 is 9.88 Å². The predicted octanol–water partition coefficient (Wildman–Crippen LogP) is 4.05. The van der Waals surface area contributed by atoms with Crippen molar-refractivity contribution in [2.75, 3.05) is 11.1 Å². The first-order valence-electron chi connectivity index (χ1n) is 8.11. The van der Waals surface area contributed by atoms with Crippen molar-refractivity contribution in [2.24, 2.45) is 0 Å². The first-order chi connectivity index (χ1) is 12.6. The van der Waals surface area contributed by atoms with Crippen LogP contribution in [-0.4, -0.2) is 31.4 Å². The molecule has 0 atom stereocenters. The highest BCUT2D eigenvalue weighted by Crippen LogP contribution is 2.24. The highest BCUT2D eigenvalue weighted by molar-refractivity contribution is 7.99. The molecular weight excluding hydrogens is 370 g/mol. The molecule has 0 radical (unpaired) electrons. The molecule has 0 aliphatic rings. The highest BCUT2D eigenvalue weighted by atomic mass is 35.5. The minimum absolute atomic E-state index is 0.160. The highest BCUT2D eigenvalue weighted by Gasteiger charge is 2.15. The number of aryl methyl sites for hydroxylation is 1. The zero-order valence-corrected chi connectivity index (χ0v) is 16.0. The van der Waals surface area contributed by atoms with Crippen LogP contribution in [0.25, 0.3) is 11.4 Å². The average molecular weight is 388 g/mol. The number of pyridine rings is 1. The van der Waals surface area contributed by atoms with Gasteiger partial charge in [0, 0.05) is 18.3 Å². The maximum atomic E-state index is 12.1. The average Bonchev–Trinajstić information content (AvgIpc) is 3.05. The first kappa shape index (κ1) is 18.4. The lowest BCUT2D eigenvalue weighted by Crippen LogP contribution is -2.15. The van der Waals surface area contributed by atoms with E-state index in [1.54, 1.807) is 12.1 Å². The third-order valence-electron chi connectivity index (χ3n) is 3.64. The molecule has 0 saturated carbocycles. The third-order valence-corrected chi connectivity index (χ3v) is 4.83. The molecule has 2 aromatic heterocycles. The van der Waals surface area contributed by atoms with Gasteiger partial charge in [-0.1, -0.05) is 47.1 Å². The second kappa shape index (κ2) is 8.33. The molecule has 0 saturated heterocycles. The zero-order chi connectivity index (χ0) is 18.5. The predicted molar refractivity (Wildman–Crippen MR) is 104 cm³/mol. The van der Waals surface area contributed by atoms with Crippen LogP contribution >= 0.6 is 23.4 Å². The molecule has 6 nitrogen and oxygen atoms in total. The Balaban J connectivity index is 1.68. The van der Waals surface area contributed by atoms with E-state index < -0.39 is 0 Å². The van der Waals surface area contributed by atoms with Crippen LogP contribution < -0.4 is 5.32 Å². The quantitative estimate of drug-likeness (QED) is 0.646. The molecule has 26 heavy (non-hydrogen) atoms. The molecule has 1 amide bonds. The van der Waals surface area contributed by atoms with E-state index in [4.69, 9.17) is 11.6 Å². The Labute approximate surface area is 161 Å². The van der Waals surface area contributed by atoms with Gasteiger partial charge in [0.15, 0.2) is 11.0 Å². The number of nitrogens with zero attached hydrogens (tertiary/aromatic N) is 4. The fourth-order valence-corrected chi connectivity index (χ4v) is 3.35. The van der Waals surface area contributed by atoms with Crippen LogP contribution in [-0.2, 0) is 11.3 Å². The number of hydrogen-bond donors (Lipinski definition) is 1. The molecule has 3 aromatic rings. The maximum Gasteiger partial charge on any atom is 0.236 e. The Hall–Kier alpha value is -2.38. The first-order valence-corrected chi connectivity index (χ1v) is 9.47. The molecule has 0 fully saturated rings. The number of carbonyl (C=O) groups is 1. The summed E-state index contributed by atoms with van der Waals surface area (Å²) in [7, 11) is 0. The molecule has 0 aliphatic heterocycles. The van der Waals surface area contributed by atoms with E-state index in [2.05, 4.69) is 26.6 Å². The van der Waals surface area contributed by atoms with Crippen molar-refractivity contribution in [1.29, 1.82) is 0 Å². The molecule has 3 rings (SSSR count). The van der Waals surface area contributed by atoms with Crippen LogP contribution in [0, 0.1) is 6.92 Å². The van der Waals surface area contributed by atoms with Gasteiger partial charge in [0.25, 0.3) is 0 Å². The van der Waals surface area contributed by atoms with Gasteiger partial charge in [0.2, 0.25) is 5.91 Å². The van der Waals surface area contributed by atoms with Crippen LogP contribution in [0.1, 0.15) is 12.5 Å². The summed E-state index contributed by atoms with van der Waals surface area (Å²) in [6.07, 6.45) is 1.49. The Kier molecular flexibility index (Phi) is 5.90. The van der Waals surface area contributed by atoms with Gasteiger partial charge in [-0.2, -0.15) is 0 Å². The normalized spacial score (nSPS) is 10.7. The summed E-state index contributed by atoms with van der Waals surface area (Å²) >= 11 is 7.13. The summed E-state index contributed by atoms with van der Waals surface area (Å²) in [5, 5.41) is 12.5. The van der Waals surface area contributed by atoms with Crippen LogP contribution in [0.5, 0.6) is 0 Å². The van der Waals surface area contributed by atoms with Gasteiger partial charge in [0.1, 0.15) is 5.82 Å². The molecule has 2 heterocycles. The van der Waals surface area contributed by atoms with Crippen LogP contribution in [0.2, 0.25) is 5.02 Å². The zero-order valence-electron chi connectivity index (χ0n) is 14.4. The van der Waals surface area contributed by atoms with Crippen molar-refractivity contribution >= 4 is 35.1 Å². The van der Waals surface area contributed by atoms with E-state index in [0.29, 0.717) is 16.0 Å². The second-order valence-corrected chi connectivity index (χ2v) is 7.00. The van der Waals surface area contributed by atoms with Gasteiger partial charge in [-0.15, -0.1) is 10.2 Å². The molecule has 1 aromatic carbocycles. The summed E-state index contributed by atoms with van der Waals surface area (Å²) in [6.45, 7) is 4.80. The molecule has 134 valence electrons. The molecule has 0 unspecified atom stereocenters. The number of amides is 1. The van der Waals surface area contributed by atoms with Crippen molar-refractivity contribution in [3.05, 3.63) is 53.2 Å². The number of benzene rings is 1. The van der Waals surface area contributed by atoms with Gasteiger partial charge in [-0.3, -0.25) is 4.79 Å². The smallest absolute Gasteiger partial charge is 0.236 e. The van der Waals surface area contributed by atoms with E-state index in [0.717, 1.165) is 23.5 Å². The number of halogens is 1. The minimum Gasteiger partial charge on any atom is -0.310 e. The second-order valence-electron chi connectivity index (χ2n) is 5.62. The standard InChI is InChI=1S/C18H18ClN5OS/c1-3-24-17(13-6-4-5-12(2)9-13)22-23-18(24)26-11-16(25)21-15-8-7-14(19)10-20-15/h4-10H,3,11H2,1-2H3,(H,20,21,25). The molecule has 0 bridgehead atoms. The monoisotopic (exact) mass is 387 g/mol. The van der Waals surface area contributed by atoms with Gasteiger partial charge in [0.05, 0.1) is 10.8 Å². The maximum absolute atomic E-state index is 12.1. The molecule has 1 N–H and O–H groups in total. The summed E-state index contributed by atoms with van der Waals surface area (Å²) in [6, 6.07) is 11.5. The van der Waals surface area contributed by atoms with Crippen molar-refractivity contribution < 1.29 is 4.79 Å². The number of thioether (sulfide) groups is 1. The fraction of sp³-hybridized carbons (Fsp3) is 0.222. The lowest BCUT2D eigenvalue weighted by Gasteiger charge is -2.08. The number of nitrogens with one attached hydrogen (secondary N) is 1. The van der Waals surface area contributed by atoms with E-state index in [-0.39, 0.29) is 11.7 Å². The summed E-state index contributed by atoms with van der Waals surface area (Å²) in [5.41, 5.74) is 2.18. The van der Waals surface area contributed by atoms with Crippen LogP contribution in [0.15, 0.2) is 47.8 Å². The summed E-state index contributed by atoms with van der Waals surface area (Å²) < 4.78 is 2.01. The molecular formula is C18H18ClN5OS. The van der Waals surface area contributed by atoms with Gasteiger partial charge >= 0.3 is 0 Å². The van der Waals surface area contributed by atoms with Crippen LogP contribution in [0.4, 0.5) is 5.82 Å². The lowest BCUT2D eigenvalue weighted by atomic mass is 10.1. The number of anilines is 1. The Morgan fingerprint density at radius 1 is 1.27 bits per heavy atom. The molecule has 0 spiro atoms.